The lowest BCUT2D eigenvalue weighted by Gasteiger charge is -2.14. The van der Waals surface area contributed by atoms with Gasteiger partial charge in [-0.25, -0.2) is 9.07 Å². The van der Waals surface area contributed by atoms with Crippen LogP contribution in [0.1, 0.15) is 54.0 Å². The molecule has 1 aromatic heterocycles. The molecule has 2 aromatic carbocycles. The number of nitrogens with one attached hydrogen (secondary N) is 1. The Balaban J connectivity index is 1.72. The van der Waals surface area contributed by atoms with Crippen LogP contribution in [0.2, 0.25) is 0 Å². The fourth-order valence-electron chi connectivity index (χ4n) is 3.00. The molecule has 1 unspecified atom stereocenters. The van der Waals surface area contributed by atoms with E-state index >= 15 is 0 Å². The molecule has 0 fully saturated rings. The Bertz CT molecular complexity index is 1120. The molecule has 0 bridgehead atoms. The molecule has 6 heteroatoms. The first kappa shape index (κ1) is 21.3. The van der Waals surface area contributed by atoms with Crippen molar-refractivity contribution in [3.8, 4) is 17.5 Å². The van der Waals surface area contributed by atoms with Crippen LogP contribution in [0.4, 0.5) is 4.39 Å². The molecule has 3 aromatic rings. The Labute approximate surface area is 175 Å². The number of rotatable bonds is 4. The van der Waals surface area contributed by atoms with Crippen LogP contribution in [0.15, 0.2) is 54.7 Å². The van der Waals surface area contributed by atoms with Crippen molar-refractivity contribution in [2.75, 3.05) is 0 Å². The molecule has 3 rings (SSSR count). The quantitative estimate of drug-likeness (QED) is 0.647. The average Bonchev–Trinajstić information content (AvgIpc) is 3.07. The Hall–Kier alpha value is -3.43. The lowest BCUT2D eigenvalue weighted by Crippen LogP contribution is -2.26. The molecule has 0 aliphatic carbocycles. The molecule has 1 atom stereocenters. The molecule has 1 amide bonds. The first-order chi connectivity index (χ1) is 14.1. The van der Waals surface area contributed by atoms with Crippen LogP contribution in [-0.2, 0) is 0 Å². The Morgan fingerprint density at radius 1 is 1.23 bits per heavy atom. The van der Waals surface area contributed by atoms with Crippen LogP contribution in [0.3, 0.4) is 0 Å². The number of hydrogen-bond donors (Lipinski definition) is 2. The van der Waals surface area contributed by atoms with E-state index in [1.165, 1.54) is 12.1 Å². The Morgan fingerprint density at radius 2 is 1.93 bits per heavy atom. The predicted octanol–water partition coefficient (Wildman–Crippen LogP) is 3.93. The van der Waals surface area contributed by atoms with Crippen LogP contribution in [0, 0.1) is 24.6 Å². The summed E-state index contributed by atoms with van der Waals surface area (Å²) in [5.41, 5.74) is 2.45. The van der Waals surface area contributed by atoms with Crippen molar-refractivity contribution in [3.63, 3.8) is 0 Å². The third-order valence-electron chi connectivity index (χ3n) is 4.57. The van der Waals surface area contributed by atoms with Crippen molar-refractivity contribution in [2.45, 2.75) is 39.3 Å². The molecule has 30 heavy (non-hydrogen) atoms. The van der Waals surface area contributed by atoms with E-state index in [0.717, 1.165) is 11.3 Å². The largest absolute Gasteiger partial charge is 0.378 e. The molecule has 1 heterocycles. The van der Waals surface area contributed by atoms with Gasteiger partial charge in [-0.1, -0.05) is 17.9 Å². The zero-order valence-corrected chi connectivity index (χ0v) is 17.4. The van der Waals surface area contributed by atoms with E-state index in [1.807, 2.05) is 13.8 Å². The standard InChI is InChI=1S/C24H24FN3O2/c1-16(22-15-26-28(17(22)2)21-7-5-6-20(25)14-21)27-23(29)19-10-8-18(9-11-19)12-13-24(3,4)30/h5-11,14-16,30H,1-4H3,(H,27,29). The zero-order valence-electron chi connectivity index (χ0n) is 17.4. The number of benzene rings is 2. The number of halogens is 1. The summed E-state index contributed by atoms with van der Waals surface area (Å²) in [6, 6.07) is 12.8. The van der Waals surface area contributed by atoms with Gasteiger partial charge in [-0.05, 0) is 70.2 Å². The molecular weight excluding hydrogens is 381 g/mol. The van der Waals surface area contributed by atoms with Gasteiger partial charge in [0.05, 0.1) is 17.9 Å². The van der Waals surface area contributed by atoms with E-state index in [0.29, 0.717) is 16.8 Å². The van der Waals surface area contributed by atoms with Crippen LogP contribution in [-0.4, -0.2) is 26.4 Å². The van der Waals surface area contributed by atoms with Crippen molar-refractivity contribution in [3.05, 3.63) is 82.9 Å². The summed E-state index contributed by atoms with van der Waals surface area (Å²) in [5, 5.41) is 17.0. The summed E-state index contributed by atoms with van der Waals surface area (Å²) < 4.78 is 15.2. The maximum Gasteiger partial charge on any atom is 0.251 e. The van der Waals surface area contributed by atoms with E-state index in [1.54, 1.807) is 61.1 Å². The van der Waals surface area contributed by atoms with Gasteiger partial charge in [0, 0.05) is 22.4 Å². The van der Waals surface area contributed by atoms with Gasteiger partial charge >= 0.3 is 0 Å². The van der Waals surface area contributed by atoms with Crippen molar-refractivity contribution in [2.24, 2.45) is 0 Å². The van der Waals surface area contributed by atoms with E-state index in [2.05, 4.69) is 22.3 Å². The smallest absolute Gasteiger partial charge is 0.251 e. The molecule has 0 saturated heterocycles. The highest BCUT2D eigenvalue weighted by Crippen LogP contribution is 2.21. The molecule has 0 spiro atoms. The van der Waals surface area contributed by atoms with Gasteiger partial charge in [0.1, 0.15) is 11.4 Å². The Kier molecular flexibility index (Phi) is 6.04. The second kappa shape index (κ2) is 8.52. The monoisotopic (exact) mass is 405 g/mol. The first-order valence-electron chi connectivity index (χ1n) is 9.61. The van der Waals surface area contributed by atoms with Crippen molar-refractivity contribution in [1.29, 1.82) is 0 Å². The van der Waals surface area contributed by atoms with Gasteiger partial charge in [0.15, 0.2) is 0 Å². The van der Waals surface area contributed by atoms with Gasteiger partial charge in [-0.15, -0.1) is 0 Å². The molecule has 2 N–H and O–H groups in total. The minimum Gasteiger partial charge on any atom is -0.378 e. The summed E-state index contributed by atoms with van der Waals surface area (Å²) >= 11 is 0. The highest BCUT2D eigenvalue weighted by Gasteiger charge is 2.17. The lowest BCUT2D eigenvalue weighted by atomic mass is 10.1. The predicted molar refractivity (Wildman–Crippen MR) is 114 cm³/mol. The maximum absolute atomic E-state index is 13.5. The van der Waals surface area contributed by atoms with Gasteiger partial charge in [0.2, 0.25) is 0 Å². The third kappa shape index (κ3) is 5.13. The molecule has 154 valence electrons. The fourth-order valence-corrected chi connectivity index (χ4v) is 3.00. The molecule has 0 aliphatic rings. The SMILES string of the molecule is Cc1c(C(C)NC(=O)c2ccc(C#CC(C)(C)O)cc2)cnn1-c1cccc(F)c1. The van der Waals surface area contributed by atoms with Crippen LogP contribution in [0.5, 0.6) is 0 Å². The van der Waals surface area contributed by atoms with E-state index in [4.69, 9.17) is 0 Å². The number of aliphatic hydroxyl groups is 1. The van der Waals surface area contributed by atoms with Crippen LogP contribution < -0.4 is 5.32 Å². The van der Waals surface area contributed by atoms with Crippen molar-refractivity contribution >= 4 is 5.91 Å². The van der Waals surface area contributed by atoms with Crippen LogP contribution >= 0.6 is 0 Å². The van der Waals surface area contributed by atoms with E-state index < -0.39 is 5.60 Å². The van der Waals surface area contributed by atoms with E-state index in [9.17, 15) is 14.3 Å². The summed E-state index contributed by atoms with van der Waals surface area (Å²) in [6.07, 6.45) is 1.68. The van der Waals surface area contributed by atoms with Crippen LogP contribution in [0.25, 0.3) is 5.69 Å². The van der Waals surface area contributed by atoms with Gasteiger partial charge in [-0.3, -0.25) is 4.79 Å². The minimum absolute atomic E-state index is 0.220. The summed E-state index contributed by atoms with van der Waals surface area (Å²) in [5.74, 6) is 5.06. The normalized spacial score (nSPS) is 12.1. The molecule has 0 saturated carbocycles. The summed E-state index contributed by atoms with van der Waals surface area (Å²) in [6.45, 7) is 6.98. The van der Waals surface area contributed by atoms with Crippen molar-refractivity contribution < 1.29 is 14.3 Å². The molecule has 5 nitrogen and oxygen atoms in total. The van der Waals surface area contributed by atoms with Gasteiger partial charge < -0.3 is 10.4 Å². The summed E-state index contributed by atoms with van der Waals surface area (Å²) in [7, 11) is 0. The summed E-state index contributed by atoms with van der Waals surface area (Å²) in [4.78, 5) is 12.6. The molecule has 0 radical (unpaired) electrons. The lowest BCUT2D eigenvalue weighted by molar-refractivity contribution is 0.0939. The third-order valence-corrected chi connectivity index (χ3v) is 4.57. The van der Waals surface area contributed by atoms with Gasteiger partial charge in [-0.2, -0.15) is 5.10 Å². The highest BCUT2D eigenvalue weighted by molar-refractivity contribution is 5.94. The number of nitrogens with zero attached hydrogens (tertiary/aromatic N) is 2. The topological polar surface area (TPSA) is 67.2 Å². The zero-order chi connectivity index (χ0) is 21.9. The van der Waals surface area contributed by atoms with Crippen molar-refractivity contribution in [1.82, 2.24) is 15.1 Å². The first-order valence-corrected chi connectivity index (χ1v) is 9.61. The number of carbonyl (C=O) groups is 1. The molecule has 0 aliphatic heterocycles. The fraction of sp³-hybridized carbons (Fsp3) is 0.250. The van der Waals surface area contributed by atoms with E-state index in [-0.39, 0.29) is 17.8 Å². The van der Waals surface area contributed by atoms with Gasteiger partial charge in [0.25, 0.3) is 5.91 Å². The highest BCUT2D eigenvalue weighted by atomic mass is 19.1. The second-order valence-electron chi connectivity index (χ2n) is 7.66. The Morgan fingerprint density at radius 3 is 2.57 bits per heavy atom. The number of carbonyl (C=O) groups excluding carboxylic acids is 1. The maximum atomic E-state index is 13.5. The average molecular weight is 405 g/mol. The number of hydrogen-bond acceptors (Lipinski definition) is 3. The molecular formula is C24H24FN3O2. The minimum atomic E-state index is -1.07. The number of amides is 1. The second-order valence-corrected chi connectivity index (χ2v) is 7.66. The number of aromatic nitrogens is 2.